The summed E-state index contributed by atoms with van der Waals surface area (Å²) in [5.74, 6) is 0. The Balaban J connectivity index is 3.10. The first-order valence-corrected chi connectivity index (χ1v) is 7.25. The van der Waals surface area contributed by atoms with Crippen molar-refractivity contribution in [3.8, 4) is 0 Å². The van der Waals surface area contributed by atoms with E-state index in [2.05, 4.69) is 0 Å². The summed E-state index contributed by atoms with van der Waals surface area (Å²) in [6, 6.07) is 5.67. The van der Waals surface area contributed by atoms with Crippen molar-refractivity contribution in [3.05, 3.63) is 34.9 Å². The minimum Gasteiger partial charge on any atom is -0.195 e. The molecular formula is C11H16ClNO2S. The Hall–Kier alpha value is -0.580. The molecule has 1 atom stereocenters. The van der Waals surface area contributed by atoms with Crippen molar-refractivity contribution in [2.75, 3.05) is 7.05 Å². The fourth-order valence-electron chi connectivity index (χ4n) is 1.68. The number of rotatable bonds is 3. The molecule has 0 N–H and O–H groups in total. The zero-order chi connectivity index (χ0) is 12.5. The van der Waals surface area contributed by atoms with Crippen molar-refractivity contribution >= 4 is 19.9 Å². The first-order chi connectivity index (χ1) is 7.23. The van der Waals surface area contributed by atoms with Gasteiger partial charge in [0.05, 0.1) is 0 Å². The van der Waals surface area contributed by atoms with Crippen LogP contribution in [0.15, 0.2) is 18.2 Å². The third-order valence-corrected chi connectivity index (χ3v) is 4.42. The Morgan fingerprint density at radius 2 is 1.88 bits per heavy atom. The minimum atomic E-state index is -3.67. The number of hydrogen-bond donors (Lipinski definition) is 0. The summed E-state index contributed by atoms with van der Waals surface area (Å²) in [6.07, 6.45) is 0. The van der Waals surface area contributed by atoms with E-state index in [0.717, 1.165) is 21.0 Å². The van der Waals surface area contributed by atoms with Gasteiger partial charge in [0.15, 0.2) is 0 Å². The lowest BCUT2D eigenvalue weighted by atomic mass is 10.0. The van der Waals surface area contributed by atoms with Crippen LogP contribution in [0.1, 0.15) is 29.7 Å². The fraction of sp³-hybridized carbons (Fsp3) is 0.455. The third kappa shape index (κ3) is 2.97. The molecule has 16 heavy (non-hydrogen) atoms. The Bertz CT molecular complexity index is 485. The molecule has 0 bridgehead atoms. The number of halogens is 1. The molecular weight excluding hydrogens is 246 g/mol. The zero-order valence-corrected chi connectivity index (χ0v) is 11.4. The maximum Gasteiger partial charge on any atom is 0.300 e. The smallest absolute Gasteiger partial charge is 0.195 e. The summed E-state index contributed by atoms with van der Waals surface area (Å²) in [5, 5.41) is 0. The molecule has 0 aliphatic carbocycles. The number of hydrogen-bond acceptors (Lipinski definition) is 2. The van der Waals surface area contributed by atoms with Gasteiger partial charge in [0, 0.05) is 23.8 Å². The molecule has 0 spiro atoms. The maximum absolute atomic E-state index is 11.2. The van der Waals surface area contributed by atoms with Gasteiger partial charge >= 0.3 is 0 Å². The molecule has 1 unspecified atom stereocenters. The topological polar surface area (TPSA) is 37.4 Å². The average molecular weight is 262 g/mol. The number of aryl methyl sites for hydroxylation is 2. The maximum atomic E-state index is 11.2. The number of nitrogens with zero attached hydrogens (tertiary/aromatic N) is 1. The van der Waals surface area contributed by atoms with Crippen LogP contribution in [0.25, 0.3) is 0 Å². The van der Waals surface area contributed by atoms with Crippen LogP contribution in [0.2, 0.25) is 0 Å². The van der Waals surface area contributed by atoms with Gasteiger partial charge in [0.1, 0.15) is 0 Å². The average Bonchev–Trinajstić information content (AvgIpc) is 2.14. The van der Waals surface area contributed by atoms with Gasteiger partial charge in [0.2, 0.25) is 0 Å². The quantitative estimate of drug-likeness (QED) is 0.785. The van der Waals surface area contributed by atoms with E-state index in [0.29, 0.717) is 0 Å². The minimum absolute atomic E-state index is 0.261. The van der Waals surface area contributed by atoms with Crippen LogP contribution >= 0.6 is 10.7 Å². The lowest BCUT2D eigenvalue weighted by Gasteiger charge is -2.23. The summed E-state index contributed by atoms with van der Waals surface area (Å²) in [6.45, 7) is 5.79. The fourth-order valence-corrected chi connectivity index (χ4v) is 2.53. The van der Waals surface area contributed by atoms with Crippen molar-refractivity contribution in [3.63, 3.8) is 0 Å². The van der Waals surface area contributed by atoms with E-state index < -0.39 is 9.24 Å². The Labute approximate surface area is 102 Å². The van der Waals surface area contributed by atoms with Crippen molar-refractivity contribution in [1.29, 1.82) is 0 Å². The van der Waals surface area contributed by atoms with E-state index in [1.807, 2.05) is 39.0 Å². The molecule has 0 fully saturated rings. The lowest BCUT2D eigenvalue weighted by Crippen LogP contribution is -2.26. The first-order valence-electron chi connectivity index (χ1n) is 4.98. The van der Waals surface area contributed by atoms with Gasteiger partial charge in [-0.15, -0.1) is 0 Å². The van der Waals surface area contributed by atoms with Crippen LogP contribution in [0, 0.1) is 13.8 Å². The van der Waals surface area contributed by atoms with Crippen LogP contribution < -0.4 is 0 Å². The lowest BCUT2D eigenvalue weighted by molar-refractivity contribution is 0.407. The first kappa shape index (κ1) is 13.5. The molecule has 0 aromatic heterocycles. The second-order valence-corrected chi connectivity index (χ2v) is 6.56. The molecule has 90 valence electrons. The second kappa shape index (κ2) is 4.73. The molecule has 3 nitrogen and oxygen atoms in total. The highest BCUT2D eigenvalue weighted by atomic mass is 35.7. The Morgan fingerprint density at radius 3 is 2.31 bits per heavy atom. The summed E-state index contributed by atoms with van der Waals surface area (Å²) in [4.78, 5) is 0. The zero-order valence-electron chi connectivity index (χ0n) is 9.86. The molecule has 1 rings (SSSR count). The highest BCUT2D eigenvalue weighted by Gasteiger charge is 2.22. The highest BCUT2D eigenvalue weighted by molar-refractivity contribution is 8.11. The van der Waals surface area contributed by atoms with Crippen molar-refractivity contribution in [1.82, 2.24) is 4.31 Å². The third-order valence-electron chi connectivity index (χ3n) is 2.76. The van der Waals surface area contributed by atoms with E-state index >= 15 is 0 Å². The van der Waals surface area contributed by atoms with Crippen molar-refractivity contribution < 1.29 is 8.42 Å². The van der Waals surface area contributed by atoms with E-state index in [1.165, 1.54) is 7.05 Å². The van der Waals surface area contributed by atoms with Gasteiger partial charge in [-0.05, 0) is 31.9 Å². The predicted molar refractivity (Wildman–Crippen MR) is 66.9 cm³/mol. The van der Waals surface area contributed by atoms with E-state index in [4.69, 9.17) is 10.7 Å². The molecule has 0 saturated carbocycles. The molecule has 0 aliphatic rings. The number of benzene rings is 1. The van der Waals surface area contributed by atoms with Gasteiger partial charge < -0.3 is 0 Å². The van der Waals surface area contributed by atoms with Gasteiger partial charge in [0.25, 0.3) is 9.24 Å². The van der Waals surface area contributed by atoms with E-state index in [-0.39, 0.29) is 6.04 Å². The Kier molecular flexibility index (Phi) is 3.99. The van der Waals surface area contributed by atoms with Crippen LogP contribution in [0.3, 0.4) is 0 Å². The molecule has 1 aromatic rings. The summed E-state index contributed by atoms with van der Waals surface area (Å²) < 4.78 is 23.6. The normalized spacial score (nSPS) is 14.1. The summed E-state index contributed by atoms with van der Waals surface area (Å²) in [7, 11) is 3.12. The van der Waals surface area contributed by atoms with Crippen molar-refractivity contribution in [2.45, 2.75) is 26.8 Å². The van der Waals surface area contributed by atoms with Crippen LogP contribution in [-0.2, 0) is 9.24 Å². The van der Waals surface area contributed by atoms with Crippen LogP contribution in [0.4, 0.5) is 0 Å². The van der Waals surface area contributed by atoms with E-state index in [1.54, 1.807) is 0 Å². The standard InChI is InChI=1S/C11H16ClNO2S/c1-8-5-6-11(9(2)7-8)10(3)13(4)16(12,14)15/h5-7,10H,1-4H3. The summed E-state index contributed by atoms with van der Waals surface area (Å²) >= 11 is 0. The van der Waals surface area contributed by atoms with Gasteiger partial charge in [-0.1, -0.05) is 23.8 Å². The predicted octanol–water partition coefficient (Wildman–Crippen LogP) is 2.78. The van der Waals surface area contributed by atoms with Gasteiger partial charge in [-0.3, -0.25) is 0 Å². The Morgan fingerprint density at radius 1 is 1.31 bits per heavy atom. The molecule has 0 radical (unpaired) electrons. The SMILES string of the molecule is Cc1ccc(C(C)N(C)S(=O)(=O)Cl)c(C)c1. The molecule has 1 aromatic carbocycles. The van der Waals surface area contributed by atoms with Crippen LogP contribution in [0.5, 0.6) is 0 Å². The molecule has 5 heteroatoms. The monoisotopic (exact) mass is 261 g/mol. The van der Waals surface area contributed by atoms with Gasteiger partial charge in [-0.2, -0.15) is 12.7 Å². The van der Waals surface area contributed by atoms with Gasteiger partial charge in [-0.25, -0.2) is 0 Å². The molecule has 0 heterocycles. The molecule has 0 saturated heterocycles. The second-order valence-electron chi connectivity index (χ2n) is 3.99. The largest absolute Gasteiger partial charge is 0.300 e. The highest BCUT2D eigenvalue weighted by Crippen LogP contribution is 2.26. The van der Waals surface area contributed by atoms with Crippen LogP contribution in [-0.4, -0.2) is 19.8 Å². The molecule has 0 aliphatic heterocycles. The summed E-state index contributed by atoms with van der Waals surface area (Å²) in [5.41, 5.74) is 3.20. The van der Waals surface area contributed by atoms with E-state index in [9.17, 15) is 8.42 Å². The van der Waals surface area contributed by atoms with Crippen molar-refractivity contribution in [2.24, 2.45) is 0 Å². The molecule has 0 amide bonds.